The van der Waals surface area contributed by atoms with E-state index in [1.165, 1.54) is 0 Å². The Balaban J connectivity index is 2.53. The fourth-order valence-electron chi connectivity index (χ4n) is 2.25. The highest BCUT2D eigenvalue weighted by atomic mass is 35.5. The van der Waals surface area contributed by atoms with Gasteiger partial charge in [-0.05, 0) is 12.5 Å². The summed E-state index contributed by atoms with van der Waals surface area (Å²) < 4.78 is 55.0. The van der Waals surface area contributed by atoms with Crippen LogP contribution in [0, 0.1) is 10.1 Å². The molecule has 0 saturated carbocycles. The summed E-state index contributed by atoms with van der Waals surface area (Å²) in [5.74, 6) is -0.404. The van der Waals surface area contributed by atoms with E-state index in [9.17, 15) is 32.7 Å². The van der Waals surface area contributed by atoms with Crippen LogP contribution >= 0.6 is 19.6 Å². The number of hydrogen-bond acceptors (Lipinski definition) is 5. The number of ether oxygens (including phenoxy) is 1. The van der Waals surface area contributed by atoms with E-state index >= 15 is 0 Å². The monoisotopic (exact) mass is 424 g/mol. The highest BCUT2D eigenvalue weighted by Crippen LogP contribution is 2.37. The molecule has 1 atom stereocenters. The molecule has 0 fully saturated rings. The van der Waals surface area contributed by atoms with Gasteiger partial charge in [-0.1, -0.05) is 24.9 Å². The number of benzene rings is 1. The van der Waals surface area contributed by atoms with Crippen LogP contribution in [0.1, 0.15) is 24.5 Å². The van der Waals surface area contributed by atoms with Crippen LogP contribution < -0.4 is 10.0 Å². The molecule has 0 radical (unpaired) electrons. The highest BCUT2D eigenvalue weighted by Gasteiger charge is 2.32. The Bertz CT molecular complexity index is 908. The van der Waals surface area contributed by atoms with Gasteiger partial charge in [0.2, 0.25) is 13.9 Å². The van der Waals surface area contributed by atoms with Gasteiger partial charge in [-0.15, -0.1) is 0 Å². The quantitative estimate of drug-likeness (QED) is 0.416. The van der Waals surface area contributed by atoms with Gasteiger partial charge < -0.3 is 9.63 Å². The molecule has 0 aliphatic rings. The Morgan fingerprint density at radius 2 is 2.04 bits per heavy atom. The van der Waals surface area contributed by atoms with Crippen LogP contribution in [0.25, 0.3) is 0 Å². The van der Waals surface area contributed by atoms with Gasteiger partial charge in [0.25, 0.3) is 5.69 Å². The summed E-state index contributed by atoms with van der Waals surface area (Å²) in [6.45, 7) is 1.79. The van der Waals surface area contributed by atoms with E-state index in [0.29, 0.717) is 30.7 Å². The zero-order valence-electron chi connectivity index (χ0n) is 13.7. The number of nitro groups is 1. The predicted molar refractivity (Wildman–Crippen MR) is 92.3 cm³/mol. The number of aromatic nitrogens is 1. The topological polar surface area (TPSA) is 103 Å². The molecule has 0 spiro atoms. The third-order valence-corrected chi connectivity index (χ3v) is 4.60. The molecule has 0 bridgehead atoms. The average Bonchev–Trinajstić information content (AvgIpc) is 2.56. The van der Waals surface area contributed by atoms with E-state index in [-0.39, 0.29) is 11.6 Å². The summed E-state index contributed by atoms with van der Waals surface area (Å²) in [4.78, 5) is 23.2. The van der Waals surface area contributed by atoms with Crippen molar-refractivity contribution in [3.63, 3.8) is 0 Å². The van der Waals surface area contributed by atoms with Crippen LogP contribution in [0.15, 0.2) is 24.4 Å². The van der Waals surface area contributed by atoms with Gasteiger partial charge in [-0.3, -0.25) is 14.7 Å². The number of hydrogen-bond donors (Lipinski definition) is 1. The fourth-order valence-corrected chi connectivity index (χ4v) is 3.10. The van der Waals surface area contributed by atoms with E-state index in [0.717, 1.165) is 12.1 Å². The number of nitrogens with zero attached hydrogens (tertiary/aromatic N) is 2. The lowest BCUT2D eigenvalue weighted by molar-refractivity contribution is -0.383. The molecule has 1 unspecified atom stereocenters. The molecule has 0 aliphatic carbocycles. The van der Waals surface area contributed by atoms with Crippen LogP contribution in [0.3, 0.4) is 0 Å². The lowest BCUT2D eigenvalue weighted by Crippen LogP contribution is -2.09. The smallest absolute Gasteiger partial charge is 0.417 e. The number of rotatable bonds is 6. The maximum absolute atomic E-state index is 12.7. The molecule has 1 heterocycles. The van der Waals surface area contributed by atoms with Crippen molar-refractivity contribution in [2.24, 2.45) is 0 Å². The summed E-state index contributed by atoms with van der Waals surface area (Å²) in [5.41, 5.74) is -1.28. The van der Waals surface area contributed by atoms with Gasteiger partial charge in [0.05, 0.1) is 10.5 Å². The number of halogens is 4. The molecule has 2 aromatic rings. The van der Waals surface area contributed by atoms with E-state index in [1.807, 2.05) is 0 Å². The summed E-state index contributed by atoms with van der Waals surface area (Å²) in [5, 5.41) is 10.3. The SMILES string of the molecule is CCCc1cc([N+](=O)[O-])c([PH](=O)O)cc1Oc1ncc(C(F)(F)F)cc1Cl. The standard InChI is InChI=1S/C15H13ClF3N2O5P/c1-2-3-8-4-11(21(22)23)13(27(24)25)6-12(8)26-14-10(16)5-9(7-20-14)15(17,18)19/h4-7,27H,2-3H2,1H3,(H,24,25). The summed E-state index contributed by atoms with van der Waals surface area (Å²) >= 11 is 5.80. The van der Waals surface area contributed by atoms with Crippen molar-refractivity contribution < 1.29 is 32.3 Å². The largest absolute Gasteiger partial charge is 0.437 e. The zero-order chi connectivity index (χ0) is 20.4. The van der Waals surface area contributed by atoms with E-state index in [4.69, 9.17) is 16.3 Å². The Morgan fingerprint density at radius 3 is 2.52 bits per heavy atom. The molecule has 2 rings (SSSR count). The van der Waals surface area contributed by atoms with Crippen molar-refractivity contribution in [1.82, 2.24) is 4.98 Å². The molecule has 146 valence electrons. The first-order valence-electron chi connectivity index (χ1n) is 7.49. The normalized spacial score (nSPS) is 12.7. The first-order chi connectivity index (χ1) is 12.5. The van der Waals surface area contributed by atoms with Gasteiger partial charge in [0, 0.05) is 23.9 Å². The minimum Gasteiger partial charge on any atom is -0.437 e. The zero-order valence-corrected chi connectivity index (χ0v) is 15.5. The molecule has 1 N–H and O–H groups in total. The second-order valence-electron chi connectivity index (χ2n) is 5.40. The van der Waals surface area contributed by atoms with Crippen LogP contribution in [0.2, 0.25) is 5.02 Å². The van der Waals surface area contributed by atoms with Gasteiger partial charge in [-0.2, -0.15) is 13.2 Å². The lowest BCUT2D eigenvalue weighted by atomic mass is 10.1. The molecular weight excluding hydrogens is 412 g/mol. The average molecular weight is 425 g/mol. The molecule has 0 amide bonds. The summed E-state index contributed by atoms with van der Waals surface area (Å²) in [6.07, 6.45) is -3.22. The maximum Gasteiger partial charge on any atom is 0.417 e. The van der Waals surface area contributed by atoms with Crippen LogP contribution in [-0.2, 0) is 17.2 Å². The fraction of sp³-hybridized carbons (Fsp3) is 0.267. The third kappa shape index (κ3) is 4.97. The molecule has 27 heavy (non-hydrogen) atoms. The first-order valence-corrected chi connectivity index (χ1v) is 9.23. The van der Waals surface area contributed by atoms with Gasteiger partial charge in [0.15, 0.2) is 0 Å². The van der Waals surface area contributed by atoms with Crippen molar-refractivity contribution in [2.75, 3.05) is 0 Å². The third-order valence-electron chi connectivity index (χ3n) is 3.47. The predicted octanol–water partition coefficient (Wildman–Crippen LogP) is 4.50. The number of nitro benzene ring substituents is 1. The Kier molecular flexibility index (Phi) is 6.46. The Hall–Kier alpha value is -2.16. The number of aryl methyl sites for hydroxylation is 1. The summed E-state index contributed by atoms with van der Waals surface area (Å²) in [7, 11) is -3.44. The number of pyridine rings is 1. The molecule has 1 aromatic heterocycles. The van der Waals surface area contributed by atoms with Crippen molar-refractivity contribution in [3.05, 3.63) is 50.7 Å². The van der Waals surface area contributed by atoms with Crippen molar-refractivity contribution in [1.29, 1.82) is 0 Å². The van der Waals surface area contributed by atoms with E-state index in [1.54, 1.807) is 6.92 Å². The molecule has 0 saturated heterocycles. The number of alkyl halides is 3. The second-order valence-corrected chi connectivity index (χ2v) is 6.96. The van der Waals surface area contributed by atoms with Crippen LogP contribution in [0.4, 0.5) is 18.9 Å². The van der Waals surface area contributed by atoms with Crippen molar-refractivity contribution in [3.8, 4) is 11.6 Å². The molecule has 1 aromatic carbocycles. The second kappa shape index (κ2) is 8.24. The molecule has 7 nitrogen and oxygen atoms in total. The lowest BCUT2D eigenvalue weighted by Gasteiger charge is -2.14. The van der Waals surface area contributed by atoms with E-state index < -0.39 is 40.7 Å². The minimum atomic E-state index is -4.64. The van der Waals surface area contributed by atoms with Crippen molar-refractivity contribution >= 4 is 30.6 Å². The van der Waals surface area contributed by atoms with Gasteiger partial charge in [-0.25, -0.2) is 4.98 Å². The van der Waals surface area contributed by atoms with Crippen LogP contribution in [-0.4, -0.2) is 14.8 Å². The van der Waals surface area contributed by atoms with Crippen LogP contribution in [0.5, 0.6) is 11.6 Å². The Morgan fingerprint density at radius 1 is 1.37 bits per heavy atom. The minimum absolute atomic E-state index is 0.0426. The van der Waals surface area contributed by atoms with Crippen molar-refractivity contribution in [2.45, 2.75) is 25.9 Å². The highest BCUT2D eigenvalue weighted by molar-refractivity contribution is 7.47. The molecule has 12 heteroatoms. The van der Waals surface area contributed by atoms with Gasteiger partial charge in [0.1, 0.15) is 16.1 Å². The first kappa shape index (κ1) is 21.1. The summed E-state index contributed by atoms with van der Waals surface area (Å²) in [6, 6.07) is 2.75. The van der Waals surface area contributed by atoms with E-state index in [2.05, 4.69) is 4.98 Å². The Labute approximate surface area is 156 Å². The maximum atomic E-state index is 12.7. The molecule has 0 aliphatic heterocycles. The molecular formula is C15H13ClF3N2O5P. The van der Waals surface area contributed by atoms with Gasteiger partial charge >= 0.3 is 6.18 Å².